The summed E-state index contributed by atoms with van der Waals surface area (Å²) in [5, 5.41) is 10.6. The Balaban J connectivity index is 0.00000400. The molecule has 1 aromatic heterocycles. The zero-order valence-electron chi connectivity index (χ0n) is 13.4. The van der Waals surface area contributed by atoms with Gasteiger partial charge in [-0.25, -0.2) is 0 Å². The van der Waals surface area contributed by atoms with Crippen LogP contribution in [-0.4, -0.2) is 43.3 Å². The lowest BCUT2D eigenvalue weighted by molar-refractivity contribution is 0.392. The van der Waals surface area contributed by atoms with Crippen LogP contribution >= 0.6 is 35.7 Å². The smallest absolute Gasteiger partial charge is 0.190 e. The number of nitrogens with one attached hydrogen (secondary N) is 2. The number of aliphatic imine (C=N–C) groups is 1. The second-order valence-corrected chi connectivity index (χ2v) is 5.66. The predicted molar refractivity (Wildman–Crippen MR) is 102 cm³/mol. The van der Waals surface area contributed by atoms with E-state index < -0.39 is 0 Å². The van der Waals surface area contributed by atoms with Gasteiger partial charge in [0.05, 0.1) is 5.69 Å². The van der Waals surface area contributed by atoms with Crippen molar-refractivity contribution in [2.24, 2.45) is 4.99 Å². The fourth-order valence-electron chi connectivity index (χ4n) is 1.96. The Kier molecular flexibility index (Phi) is 11.9. The molecule has 1 rings (SSSR count). The molecule has 2 N–H and O–H groups in total. The molecule has 0 unspecified atom stereocenters. The van der Waals surface area contributed by atoms with Crippen molar-refractivity contribution in [3.05, 3.63) is 17.0 Å². The van der Waals surface area contributed by atoms with Crippen molar-refractivity contribution in [1.82, 2.24) is 15.8 Å². The summed E-state index contributed by atoms with van der Waals surface area (Å²) in [6.45, 7) is 5.72. The first-order valence-corrected chi connectivity index (χ1v) is 8.43. The summed E-state index contributed by atoms with van der Waals surface area (Å²) in [7, 11) is 1.80. The standard InChI is InChI=1S/C14H26N4OS.HI/c1-11-13(12(2)19-18-11)7-9-17-14(15-3)16-8-5-6-10-20-4;/h5-10H2,1-4H3,(H2,15,16,17);1H. The van der Waals surface area contributed by atoms with Gasteiger partial charge in [0.15, 0.2) is 5.96 Å². The third-order valence-corrected chi connectivity index (χ3v) is 3.84. The second kappa shape index (κ2) is 12.1. The molecule has 0 aliphatic heterocycles. The molecule has 21 heavy (non-hydrogen) atoms. The zero-order valence-corrected chi connectivity index (χ0v) is 16.5. The van der Waals surface area contributed by atoms with Crippen LogP contribution in [0.25, 0.3) is 0 Å². The molecule has 1 aromatic rings. The van der Waals surface area contributed by atoms with Crippen LogP contribution in [0.2, 0.25) is 0 Å². The number of unbranched alkanes of at least 4 members (excludes halogenated alkanes) is 1. The van der Waals surface area contributed by atoms with Gasteiger partial charge in [-0.1, -0.05) is 5.16 Å². The van der Waals surface area contributed by atoms with E-state index in [1.807, 2.05) is 25.6 Å². The number of aromatic nitrogens is 1. The molecule has 122 valence electrons. The largest absolute Gasteiger partial charge is 0.361 e. The van der Waals surface area contributed by atoms with Crippen molar-refractivity contribution < 1.29 is 4.52 Å². The lowest BCUT2D eigenvalue weighted by Crippen LogP contribution is -2.38. The van der Waals surface area contributed by atoms with Gasteiger partial charge in [-0.15, -0.1) is 24.0 Å². The Morgan fingerprint density at radius 2 is 1.95 bits per heavy atom. The van der Waals surface area contributed by atoms with E-state index in [1.165, 1.54) is 24.2 Å². The molecule has 0 amide bonds. The highest BCUT2D eigenvalue weighted by Gasteiger charge is 2.08. The molecule has 7 heteroatoms. The molecule has 0 bridgehead atoms. The maximum atomic E-state index is 5.16. The van der Waals surface area contributed by atoms with Gasteiger partial charge in [0.25, 0.3) is 0 Å². The average molecular weight is 426 g/mol. The van der Waals surface area contributed by atoms with Crippen LogP contribution in [0.15, 0.2) is 9.52 Å². The average Bonchev–Trinajstić information content (AvgIpc) is 2.76. The van der Waals surface area contributed by atoms with Crippen molar-refractivity contribution in [2.45, 2.75) is 33.1 Å². The van der Waals surface area contributed by atoms with Gasteiger partial charge < -0.3 is 15.2 Å². The van der Waals surface area contributed by atoms with Gasteiger partial charge in [0, 0.05) is 25.7 Å². The van der Waals surface area contributed by atoms with Crippen LogP contribution in [0.4, 0.5) is 0 Å². The summed E-state index contributed by atoms with van der Waals surface area (Å²) >= 11 is 1.89. The third kappa shape index (κ3) is 7.94. The molecule has 0 aliphatic carbocycles. The Hall–Kier alpha value is -0.440. The van der Waals surface area contributed by atoms with Crippen molar-refractivity contribution in [3.63, 3.8) is 0 Å². The summed E-state index contributed by atoms with van der Waals surface area (Å²) in [5.41, 5.74) is 2.16. The highest BCUT2D eigenvalue weighted by Crippen LogP contribution is 2.11. The van der Waals surface area contributed by atoms with E-state index in [-0.39, 0.29) is 24.0 Å². The summed E-state index contributed by atoms with van der Waals surface area (Å²) in [5.74, 6) is 2.99. The molecular weight excluding hydrogens is 399 g/mol. The summed E-state index contributed by atoms with van der Waals surface area (Å²) < 4.78 is 5.16. The molecule has 0 atom stereocenters. The van der Waals surface area contributed by atoms with E-state index >= 15 is 0 Å². The molecule has 0 aromatic carbocycles. The molecule has 0 fully saturated rings. The van der Waals surface area contributed by atoms with Gasteiger partial charge in [-0.2, -0.15) is 11.8 Å². The first-order valence-electron chi connectivity index (χ1n) is 7.04. The van der Waals surface area contributed by atoms with Gasteiger partial charge >= 0.3 is 0 Å². The normalized spacial score (nSPS) is 11.1. The van der Waals surface area contributed by atoms with Crippen LogP contribution in [0, 0.1) is 13.8 Å². The topological polar surface area (TPSA) is 62.5 Å². The van der Waals surface area contributed by atoms with Crippen molar-refractivity contribution >= 4 is 41.7 Å². The molecule has 5 nitrogen and oxygen atoms in total. The van der Waals surface area contributed by atoms with Crippen molar-refractivity contribution in [2.75, 3.05) is 32.1 Å². The number of thioether (sulfide) groups is 1. The van der Waals surface area contributed by atoms with Crippen LogP contribution in [-0.2, 0) is 6.42 Å². The van der Waals surface area contributed by atoms with Crippen LogP contribution in [0.1, 0.15) is 29.9 Å². The number of nitrogens with zero attached hydrogens (tertiary/aromatic N) is 2. The predicted octanol–water partition coefficient (Wildman–Crippen LogP) is 2.76. The van der Waals surface area contributed by atoms with E-state index in [1.54, 1.807) is 7.05 Å². The quantitative estimate of drug-likeness (QED) is 0.290. The molecular formula is C14H27IN4OS. The molecule has 0 saturated carbocycles. The van der Waals surface area contributed by atoms with E-state index in [2.05, 4.69) is 27.0 Å². The van der Waals surface area contributed by atoms with E-state index in [0.29, 0.717) is 0 Å². The monoisotopic (exact) mass is 426 g/mol. The number of aryl methyl sites for hydroxylation is 2. The summed E-state index contributed by atoms with van der Waals surface area (Å²) in [6, 6.07) is 0. The van der Waals surface area contributed by atoms with E-state index in [9.17, 15) is 0 Å². The summed E-state index contributed by atoms with van der Waals surface area (Å²) in [4.78, 5) is 4.22. The first kappa shape index (κ1) is 20.6. The second-order valence-electron chi connectivity index (χ2n) is 4.68. The molecule has 0 radical (unpaired) electrons. The van der Waals surface area contributed by atoms with Gasteiger partial charge in [-0.05, 0) is 45.1 Å². The van der Waals surface area contributed by atoms with Gasteiger partial charge in [0.1, 0.15) is 5.76 Å². The van der Waals surface area contributed by atoms with Crippen LogP contribution < -0.4 is 10.6 Å². The van der Waals surface area contributed by atoms with Gasteiger partial charge in [-0.3, -0.25) is 4.99 Å². The Bertz CT molecular complexity index is 404. The summed E-state index contributed by atoms with van der Waals surface area (Å²) in [6.07, 6.45) is 5.45. The minimum atomic E-state index is 0. The zero-order chi connectivity index (χ0) is 14.8. The van der Waals surface area contributed by atoms with Crippen LogP contribution in [0.5, 0.6) is 0 Å². The maximum Gasteiger partial charge on any atom is 0.190 e. The molecule has 1 heterocycles. The van der Waals surface area contributed by atoms with E-state index in [0.717, 1.165) is 36.9 Å². The van der Waals surface area contributed by atoms with Crippen molar-refractivity contribution in [1.29, 1.82) is 0 Å². The Morgan fingerprint density at radius 3 is 2.52 bits per heavy atom. The van der Waals surface area contributed by atoms with E-state index in [4.69, 9.17) is 4.52 Å². The number of guanidine groups is 1. The lowest BCUT2D eigenvalue weighted by atomic mass is 10.1. The number of hydrogen-bond donors (Lipinski definition) is 2. The Morgan fingerprint density at radius 1 is 1.24 bits per heavy atom. The lowest BCUT2D eigenvalue weighted by Gasteiger charge is -2.11. The minimum Gasteiger partial charge on any atom is -0.361 e. The fraction of sp³-hybridized carbons (Fsp3) is 0.714. The van der Waals surface area contributed by atoms with Crippen LogP contribution in [0.3, 0.4) is 0 Å². The fourth-order valence-corrected chi connectivity index (χ4v) is 2.46. The molecule has 0 saturated heterocycles. The molecule has 0 spiro atoms. The molecule has 0 aliphatic rings. The Labute approximate surface area is 149 Å². The SMILES string of the molecule is CN=C(NCCCCSC)NCCc1c(C)noc1C.I. The number of halogens is 1. The highest BCUT2D eigenvalue weighted by molar-refractivity contribution is 14.0. The maximum absolute atomic E-state index is 5.16. The minimum absolute atomic E-state index is 0. The number of rotatable bonds is 8. The highest BCUT2D eigenvalue weighted by atomic mass is 127. The third-order valence-electron chi connectivity index (χ3n) is 3.14. The number of hydrogen-bond acceptors (Lipinski definition) is 4. The van der Waals surface area contributed by atoms with Crippen molar-refractivity contribution in [3.8, 4) is 0 Å². The first-order chi connectivity index (χ1) is 9.69. The van der Waals surface area contributed by atoms with Gasteiger partial charge in [0.2, 0.25) is 0 Å².